The summed E-state index contributed by atoms with van der Waals surface area (Å²) in [6.45, 7) is 4.48. The highest BCUT2D eigenvalue weighted by atomic mass is 16.4. The van der Waals surface area contributed by atoms with E-state index < -0.39 is 0 Å². The van der Waals surface area contributed by atoms with E-state index in [0.29, 0.717) is 25.3 Å². The fourth-order valence-corrected chi connectivity index (χ4v) is 2.59. The SMILES string of the molecule is Cc1ccc(CNC(=O)CCc2nc(-c3ccccc3)oc2C)cc1. The van der Waals surface area contributed by atoms with Crippen LogP contribution in [0.5, 0.6) is 0 Å². The Morgan fingerprint density at radius 3 is 2.48 bits per heavy atom. The second-order valence-corrected chi connectivity index (χ2v) is 6.15. The van der Waals surface area contributed by atoms with E-state index in [1.165, 1.54) is 5.56 Å². The van der Waals surface area contributed by atoms with Gasteiger partial charge in [-0.1, -0.05) is 48.0 Å². The molecule has 0 saturated carbocycles. The van der Waals surface area contributed by atoms with E-state index in [2.05, 4.69) is 10.3 Å². The molecule has 0 fully saturated rings. The van der Waals surface area contributed by atoms with Crippen molar-refractivity contribution in [1.82, 2.24) is 10.3 Å². The fraction of sp³-hybridized carbons (Fsp3) is 0.238. The Morgan fingerprint density at radius 1 is 1.04 bits per heavy atom. The lowest BCUT2D eigenvalue weighted by atomic mass is 10.1. The second kappa shape index (κ2) is 7.79. The van der Waals surface area contributed by atoms with E-state index in [4.69, 9.17) is 4.42 Å². The van der Waals surface area contributed by atoms with Gasteiger partial charge in [-0.05, 0) is 31.5 Å². The number of carbonyl (C=O) groups is 1. The summed E-state index contributed by atoms with van der Waals surface area (Å²) in [5.74, 6) is 1.39. The van der Waals surface area contributed by atoms with Crippen molar-refractivity contribution in [2.75, 3.05) is 0 Å². The van der Waals surface area contributed by atoms with Crippen molar-refractivity contribution in [3.63, 3.8) is 0 Å². The average Bonchev–Trinajstić information content (AvgIpc) is 3.01. The van der Waals surface area contributed by atoms with Crippen molar-refractivity contribution in [2.45, 2.75) is 33.2 Å². The first-order valence-corrected chi connectivity index (χ1v) is 8.46. The molecule has 4 heteroatoms. The van der Waals surface area contributed by atoms with Crippen LogP contribution in [0.15, 0.2) is 59.0 Å². The maximum Gasteiger partial charge on any atom is 0.226 e. The van der Waals surface area contributed by atoms with Gasteiger partial charge in [-0.3, -0.25) is 4.79 Å². The van der Waals surface area contributed by atoms with E-state index in [1.54, 1.807) is 0 Å². The zero-order valence-corrected chi connectivity index (χ0v) is 14.6. The van der Waals surface area contributed by atoms with Gasteiger partial charge in [0.2, 0.25) is 11.8 Å². The van der Waals surface area contributed by atoms with Crippen molar-refractivity contribution < 1.29 is 9.21 Å². The van der Waals surface area contributed by atoms with Crippen molar-refractivity contribution in [3.8, 4) is 11.5 Å². The van der Waals surface area contributed by atoms with Gasteiger partial charge in [-0.2, -0.15) is 0 Å². The molecule has 4 nitrogen and oxygen atoms in total. The molecule has 0 bridgehead atoms. The van der Waals surface area contributed by atoms with Crippen LogP contribution < -0.4 is 5.32 Å². The summed E-state index contributed by atoms with van der Waals surface area (Å²) < 4.78 is 5.73. The number of rotatable bonds is 6. The summed E-state index contributed by atoms with van der Waals surface area (Å²) in [7, 11) is 0. The van der Waals surface area contributed by atoms with Crippen LogP contribution in [0.25, 0.3) is 11.5 Å². The third kappa shape index (κ3) is 4.57. The van der Waals surface area contributed by atoms with Gasteiger partial charge >= 0.3 is 0 Å². The number of benzene rings is 2. The summed E-state index contributed by atoms with van der Waals surface area (Å²) >= 11 is 0. The molecular formula is C21H22N2O2. The first-order valence-electron chi connectivity index (χ1n) is 8.46. The smallest absolute Gasteiger partial charge is 0.226 e. The van der Waals surface area contributed by atoms with E-state index in [-0.39, 0.29) is 5.91 Å². The van der Waals surface area contributed by atoms with Gasteiger partial charge in [0.25, 0.3) is 0 Å². The molecule has 3 aromatic rings. The van der Waals surface area contributed by atoms with Crippen LogP contribution in [0.3, 0.4) is 0 Å². The molecule has 0 spiro atoms. The van der Waals surface area contributed by atoms with Crippen LogP contribution in [-0.2, 0) is 17.8 Å². The molecule has 1 N–H and O–H groups in total. The zero-order valence-electron chi connectivity index (χ0n) is 14.6. The number of hydrogen-bond acceptors (Lipinski definition) is 3. The third-order valence-corrected chi connectivity index (χ3v) is 4.11. The fourth-order valence-electron chi connectivity index (χ4n) is 2.59. The molecule has 2 aromatic carbocycles. The van der Waals surface area contributed by atoms with Crippen LogP contribution in [-0.4, -0.2) is 10.9 Å². The van der Waals surface area contributed by atoms with Gasteiger partial charge in [-0.15, -0.1) is 0 Å². The van der Waals surface area contributed by atoms with Crippen LogP contribution >= 0.6 is 0 Å². The maximum absolute atomic E-state index is 12.1. The standard InChI is InChI=1S/C21H22N2O2/c1-15-8-10-17(11-9-15)14-22-20(24)13-12-19-16(2)25-21(23-19)18-6-4-3-5-7-18/h3-11H,12-14H2,1-2H3,(H,22,24). The quantitative estimate of drug-likeness (QED) is 0.735. The van der Waals surface area contributed by atoms with Gasteiger partial charge in [0.15, 0.2) is 0 Å². The van der Waals surface area contributed by atoms with E-state index in [9.17, 15) is 4.79 Å². The number of amides is 1. The van der Waals surface area contributed by atoms with Crippen LogP contribution in [0, 0.1) is 13.8 Å². The Kier molecular flexibility index (Phi) is 5.29. The number of aromatic nitrogens is 1. The molecule has 1 amide bonds. The van der Waals surface area contributed by atoms with Gasteiger partial charge in [0, 0.05) is 24.9 Å². The van der Waals surface area contributed by atoms with Crippen LogP contribution in [0.4, 0.5) is 0 Å². The van der Waals surface area contributed by atoms with Gasteiger partial charge in [-0.25, -0.2) is 4.98 Å². The Bertz CT molecular complexity index is 836. The molecule has 0 atom stereocenters. The number of carbonyl (C=O) groups excluding carboxylic acids is 1. The molecule has 0 aliphatic rings. The molecule has 128 valence electrons. The number of aryl methyl sites for hydroxylation is 3. The molecule has 0 saturated heterocycles. The minimum atomic E-state index is 0.0178. The van der Waals surface area contributed by atoms with Crippen LogP contribution in [0.1, 0.15) is 29.0 Å². The van der Waals surface area contributed by atoms with Crippen molar-refractivity contribution in [2.24, 2.45) is 0 Å². The predicted molar refractivity (Wildman–Crippen MR) is 98.0 cm³/mol. The van der Waals surface area contributed by atoms with Gasteiger partial charge in [0.1, 0.15) is 5.76 Å². The molecule has 0 radical (unpaired) electrons. The summed E-state index contributed by atoms with van der Waals surface area (Å²) in [6.07, 6.45) is 0.968. The molecule has 1 aromatic heterocycles. The number of hydrogen-bond donors (Lipinski definition) is 1. The number of nitrogens with one attached hydrogen (secondary N) is 1. The topological polar surface area (TPSA) is 55.1 Å². The van der Waals surface area contributed by atoms with Crippen LogP contribution in [0.2, 0.25) is 0 Å². The zero-order chi connectivity index (χ0) is 17.6. The number of nitrogens with zero attached hydrogens (tertiary/aromatic N) is 1. The second-order valence-electron chi connectivity index (χ2n) is 6.15. The largest absolute Gasteiger partial charge is 0.441 e. The lowest BCUT2D eigenvalue weighted by Crippen LogP contribution is -2.23. The molecule has 0 unspecified atom stereocenters. The van der Waals surface area contributed by atoms with Crippen molar-refractivity contribution in [1.29, 1.82) is 0 Å². The molecule has 3 rings (SSSR count). The first-order chi connectivity index (χ1) is 12.1. The Balaban J connectivity index is 1.53. The summed E-state index contributed by atoms with van der Waals surface area (Å²) in [5, 5.41) is 2.95. The summed E-state index contributed by atoms with van der Waals surface area (Å²) in [4.78, 5) is 16.6. The number of oxazole rings is 1. The lowest BCUT2D eigenvalue weighted by molar-refractivity contribution is -0.121. The Hall–Kier alpha value is -2.88. The third-order valence-electron chi connectivity index (χ3n) is 4.11. The Morgan fingerprint density at radius 2 is 1.76 bits per heavy atom. The van der Waals surface area contributed by atoms with E-state index >= 15 is 0 Å². The maximum atomic E-state index is 12.1. The molecular weight excluding hydrogens is 312 g/mol. The molecule has 1 heterocycles. The van der Waals surface area contributed by atoms with E-state index in [1.807, 2.05) is 68.4 Å². The van der Waals surface area contributed by atoms with Gasteiger partial charge in [0.05, 0.1) is 5.69 Å². The molecule has 25 heavy (non-hydrogen) atoms. The molecule has 0 aliphatic heterocycles. The Labute approximate surface area is 147 Å². The van der Waals surface area contributed by atoms with Crippen molar-refractivity contribution >= 4 is 5.91 Å². The van der Waals surface area contributed by atoms with Crippen molar-refractivity contribution in [3.05, 3.63) is 77.2 Å². The highest BCUT2D eigenvalue weighted by Crippen LogP contribution is 2.22. The predicted octanol–water partition coefficient (Wildman–Crippen LogP) is 4.21. The molecule has 0 aliphatic carbocycles. The first kappa shape index (κ1) is 17.0. The lowest BCUT2D eigenvalue weighted by Gasteiger charge is -2.05. The summed E-state index contributed by atoms with van der Waals surface area (Å²) in [5.41, 5.74) is 4.10. The highest BCUT2D eigenvalue weighted by Gasteiger charge is 2.12. The highest BCUT2D eigenvalue weighted by molar-refractivity contribution is 5.76. The minimum absolute atomic E-state index is 0.0178. The van der Waals surface area contributed by atoms with E-state index in [0.717, 1.165) is 22.6 Å². The summed E-state index contributed by atoms with van der Waals surface area (Å²) in [6, 6.07) is 17.9. The van der Waals surface area contributed by atoms with Gasteiger partial charge < -0.3 is 9.73 Å². The minimum Gasteiger partial charge on any atom is -0.441 e. The monoisotopic (exact) mass is 334 g/mol. The normalized spacial score (nSPS) is 10.6. The average molecular weight is 334 g/mol.